The number of amides is 1. The standard InChI is InChI=1S/C22H20N4O2/c1-14-19-4-2-15(12-23)10-17(19)7-9-26(14)21(27)13-25-18-3-5-20-16(11-18)6-8-24-22(20)28/h2-6,8,10-11,14,25H,7,9,13H2,1H3,(H,24,28). The van der Waals surface area contributed by atoms with Crippen LogP contribution in [0, 0.1) is 11.3 Å². The Kier molecular flexibility index (Phi) is 4.58. The van der Waals surface area contributed by atoms with Gasteiger partial charge in [0, 0.05) is 23.8 Å². The molecule has 1 aliphatic rings. The Bertz CT molecular complexity index is 1160. The maximum Gasteiger partial charge on any atom is 0.255 e. The predicted molar refractivity (Wildman–Crippen MR) is 108 cm³/mol. The zero-order valence-corrected chi connectivity index (χ0v) is 15.5. The first-order chi connectivity index (χ1) is 13.6. The summed E-state index contributed by atoms with van der Waals surface area (Å²) in [5.41, 5.74) is 3.57. The average Bonchev–Trinajstić information content (AvgIpc) is 2.72. The molecule has 0 saturated carbocycles. The van der Waals surface area contributed by atoms with E-state index in [0.29, 0.717) is 17.5 Å². The highest BCUT2D eigenvalue weighted by Crippen LogP contribution is 2.30. The first-order valence-electron chi connectivity index (χ1n) is 9.24. The van der Waals surface area contributed by atoms with Crippen LogP contribution in [0.1, 0.15) is 29.7 Å². The summed E-state index contributed by atoms with van der Waals surface area (Å²) in [6, 6.07) is 15.1. The highest BCUT2D eigenvalue weighted by molar-refractivity contribution is 5.86. The third-order valence-electron chi connectivity index (χ3n) is 5.35. The van der Waals surface area contributed by atoms with E-state index in [1.807, 2.05) is 42.2 Å². The summed E-state index contributed by atoms with van der Waals surface area (Å²) in [6.07, 6.45) is 2.36. The van der Waals surface area contributed by atoms with Gasteiger partial charge in [-0.3, -0.25) is 9.59 Å². The molecule has 0 spiro atoms. The number of carbonyl (C=O) groups excluding carboxylic acids is 1. The van der Waals surface area contributed by atoms with Gasteiger partial charge in [0.15, 0.2) is 0 Å². The van der Waals surface area contributed by atoms with Crippen LogP contribution >= 0.6 is 0 Å². The molecule has 1 unspecified atom stereocenters. The van der Waals surface area contributed by atoms with E-state index in [9.17, 15) is 9.59 Å². The molecule has 6 nitrogen and oxygen atoms in total. The summed E-state index contributed by atoms with van der Waals surface area (Å²) in [4.78, 5) is 29.1. The molecular formula is C22H20N4O2. The lowest BCUT2D eigenvalue weighted by atomic mass is 9.92. The molecule has 2 N–H and O–H groups in total. The molecule has 4 rings (SSSR count). The van der Waals surface area contributed by atoms with E-state index in [0.717, 1.165) is 28.6 Å². The van der Waals surface area contributed by atoms with Gasteiger partial charge >= 0.3 is 0 Å². The Hall–Kier alpha value is -3.59. The quantitative estimate of drug-likeness (QED) is 0.740. The fourth-order valence-corrected chi connectivity index (χ4v) is 3.82. The third-order valence-corrected chi connectivity index (χ3v) is 5.35. The highest BCUT2D eigenvalue weighted by atomic mass is 16.2. The molecule has 140 valence electrons. The van der Waals surface area contributed by atoms with Gasteiger partial charge in [-0.15, -0.1) is 0 Å². The van der Waals surface area contributed by atoms with Gasteiger partial charge in [-0.25, -0.2) is 0 Å². The number of pyridine rings is 1. The number of aromatic nitrogens is 1. The summed E-state index contributed by atoms with van der Waals surface area (Å²) in [7, 11) is 0. The van der Waals surface area contributed by atoms with Crippen molar-refractivity contribution in [2.75, 3.05) is 18.4 Å². The van der Waals surface area contributed by atoms with Crippen LogP contribution in [0.25, 0.3) is 10.8 Å². The van der Waals surface area contributed by atoms with Crippen LogP contribution in [0.2, 0.25) is 0 Å². The SMILES string of the molecule is CC1c2ccc(C#N)cc2CCN1C(=O)CNc1ccc2c(=O)[nH]ccc2c1. The Morgan fingerprint density at radius 3 is 2.96 bits per heavy atom. The average molecular weight is 372 g/mol. The summed E-state index contributed by atoms with van der Waals surface area (Å²) >= 11 is 0. The van der Waals surface area contributed by atoms with E-state index < -0.39 is 0 Å². The number of nitrogens with one attached hydrogen (secondary N) is 2. The number of hydrogen-bond donors (Lipinski definition) is 2. The molecule has 0 radical (unpaired) electrons. The molecule has 3 aromatic rings. The van der Waals surface area contributed by atoms with E-state index in [1.165, 1.54) is 0 Å². The minimum absolute atomic E-state index is 0.0218. The summed E-state index contributed by atoms with van der Waals surface area (Å²) in [5, 5.41) is 13.7. The summed E-state index contributed by atoms with van der Waals surface area (Å²) < 4.78 is 0. The smallest absolute Gasteiger partial charge is 0.255 e. The molecule has 1 aromatic heterocycles. The zero-order valence-electron chi connectivity index (χ0n) is 15.5. The van der Waals surface area contributed by atoms with E-state index in [1.54, 1.807) is 18.3 Å². The van der Waals surface area contributed by atoms with Crippen LogP contribution in [0.5, 0.6) is 0 Å². The Morgan fingerprint density at radius 1 is 1.29 bits per heavy atom. The van der Waals surface area contributed by atoms with Gasteiger partial charge in [0.25, 0.3) is 5.56 Å². The molecule has 1 aliphatic heterocycles. The third kappa shape index (κ3) is 3.23. The zero-order chi connectivity index (χ0) is 19.7. The molecule has 1 amide bonds. The van der Waals surface area contributed by atoms with Gasteiger partial charge in [-0.1, -0.05) is 6.07 Å². The van der Waals surface area contributed by atoms with Crippen molar-refractivity contribution < 1.29 is 4.79 Å². The number of nitrogens with zero attached hydrogens (tertiary/aromatic N) is 2. The van der Waals surface area contributed by atoms with Crippen molar-refractivity contribution in [3.63, 3.8) is 0 Å². The second-order valence-electron chi connectivity index (χ2n) is 7.00. The monoisotopic (exact) mass is 372 g/mol. The van der Waals surface area contributed by atoms with Crippen LogP contribution in [0.3, 0.4) is 0 Å². The number of benzene rings is 2. The molecule has 0 fully saturated rings. The molecule has 28 heavy (non-hydrogen) atoms. The highest BCUT2D eigenvalue weighted by Gasteiger charge is 2.27. The molecule has 1 atom stereocenters. The van der Waals surface area contributed by atoms with E-state index in [4.69, 9.17) is 5.26 Å². The van der Waals surface area contributed by atoms with Crippen LogP contribution in [-0.2, 0) is 11.2 Å². The lowest BCUT2D eigenvalue weighted by Crippen LogP contribution is -2.41. The van der Waals surface area contributed by atoms with Crippen molar-refractivity contribution in [1.82, 2.24) is 9.88 Å². The lowest BCUT2D eigenvalue weighted by molar-refractivity contribution is -0.131. The largest absolute Gasteiger partial charge is 0.376 e. The molecule has 0 aliphatic carbocycles. The number of anilines is 1. The van der Waals surface area contributed by atoms with Crippen molar-refractivity contribution in [1.29, 1.82) is 5.26 Å². The van der Waals surface area contributed by atoms with Crippen molar-refractivity contribution in [3.8, 4) is 6.07 Å². The lowest BCUT2D eigenvalue weighted by Gasteiger charge is -2.35. The fourth-order valence-electron chi connectivity index (χ4n) is 3.82. The topological polar surface area (TPSA) is 89.0 Å². The first kappa shape index (κ1) is 17.8. The normalized spacial score (nSPS) is 15.7. The van der Waals surface area contributed by atoms with Crippen LogP contribution in [0.15, 0.2) is 53.5 Å². The number of nitriles is 1. The maximum absolute atomic E-state index is 12.8. The van der Waals surface area contributed by atoms with Crippen LogP contribution in [-0.4, -0.2) is 28.9 Å². The number of hydrogen-bond acceptors (Lipinski definition) is 4. The van der Waals surface area contributed by atoms with Crippen molar-refractivity contribution >= 4 is 22.4 Å². The molecular weight excluding hydrogens is 352 g/mol. The minimum atomic E-state index is -0.125. The summed E-state index contributed by atoms with van der Waals surface area (Å²) in [5.74, 6) is 0.0218. The van der Waals surface area contributed by atoms with E-state index in [2.05, 4.69) is 16.4 Å². The van der Waals surface area contributed by atoms with Gasteiger partial charge < -0.3 is 15.2 Å². The van der Waals surface area contributed by atoms with Crippen molar-refractivity contribution in [3.05, 3.63) is 75.7 Å². The first-order valence-corrected chi connectivity index (χ1v) is 9.24. The fraction of sp³-hybridized carbons (Fsp3) is 0.227. The van der Waals surface area contributed by atoms with Crippen LogP contribution in [0.4, 0.5) is 5.69 Å². The number of fused-ring (bicyclic) bond motifs is 2. The van der Waals surface area contributed by atoms with Gasteiger partial charge in [-0.05, 0) is 66.3 Å². The number of H-pyrrole nitrogens is 1. The van der Waals surface area contributed by atoms with E-state index in [-0.39, 0.29) is 24.1 Å². The van der Waals surface area contributed by atoms with Crippen molar-refractivity contribution in [2.45, 2.75) is 19.4 Å². The Balaban J connectivity index is 1.47. The molecule has 6 heteroatoms. The second-order valence-corrected chi connectivity index (χ2v) is 7.00. The van der Waals surface area contributed by atoms with E-state index >= 15 is 0 Å². The predicted octanol–water partition coefficient (Wildman–Crippen LogP) is 2.96. The van der Waals surface area contributed by atoms with Gasteiger partial charge in [0.05, 0.1) is 24.2 Å². The van der Waals surface area contributed by atoms with Gasteiger partial charge in [0.2, 0.25) is 5.91 Å². The molecule has 0 saturated heterocycles. The minimum Gasteiger partial charge on any atom is -0.376 e. The number of aromatic amines is 1. The van der Waals surface area contributed by atoms with Gasteiger partial charge in [-0.2, -0.15) is 5.26 Å². The van der Waals surface area contributed by atoms with Crippen LogP contribution < -0.4 is 10.9 Å². The molecule has 2 aromatic carbocycles. The number of carbonyl (C=O) groups is 1. The molecule has 2 heterocycles. The van der Waals surface area contributed by atoms with Crippen molar-refractivity contribution in [2.24, 2.45) is 0 Å². The maximum atomic E-state index is 12.8. The number of rotatable bonds is 3. The second kappa shape index (κ2) is 7.20. The Morgan fingerprint density at radius 2 is 2.14 bits per heavy atom. The van der Waals surface area contributed by atoms with Gasteiger partial charge in [0.1, 0.15) is 0 Å². The summed E-state index contributed by atoms with van der Waals surface area (Å²) in [6.45, 7) is 2.84. The molecule has 0 bridgehead atoms. The Labute approximate surface area is 162 Å².